The Morgan fingerprint density at radius 2 is 1.64 bits per heavy atom. The van der Waals surface area contributed by atoms with Crippen LogP contribution >= 0.6 is 0 Å². The van der Waals surface area contributed by atoms with Crippen molar-refractivity contribution in [2.24, 2.45) is 0 Å². The van der Waals surface area contributed by atoms with Crippen LogP contribution in [0, 0.1) is 0 Å². The molecule has 126 valence electrons. The summed E-state index contributed by atoms with van der Waals surface area (Å²) < 4.78 is 5.23. The van der Waals surface area contributed by atoms with Crippen LogP contribution < -0.4 is 10.6 Å². The molecule has 0 atom stereocenters. The number of imide groups is 1. The third kappa shape index (κ3) is 6.49. The Kier molecular flexibility index (Phi) is 7.84. The summed E-state index contributed by atoms with van der Waals surface area (Å²) in [4.78, 5) is 46.0. The van der Waals surface area contributed by atoms with Gasteiger partial charge in [0.15, 0.2) is 0 Å². The first-order valence-electron chi connectivity index (χ1n) is 7.19. The Bertz CT molecular complexity index is 453. The molecule has 0 saturated carbocycles. The largest absolute Gasteiger partial charge is 0.378 e. The minimum Gasteiger partial charge on any atom is -0.378 e. The van der Waals surface area contributed by atoms with E-state index in [0.29, 0.717) is 32.7 Å². The average molecular weight is 315 g/mol. The highest BCUT2D eigenvalue weighted by atomic mass is 16.5. The van der Waals surface area contributed by atoms with Crippen molar-refractivity contribution in [1.29, 1.82) is 0 Å². The van der Waals surface area contributed by atoms with Gasteiger partial charge >= 0.3 is 0 Å². The van der Waals surface area contributed by atoms with Gasteiger partial charge in [-0.25, -0.2) is 0 Å². The van der Waals surface area contributed by atoms with E-state index in [9.17, 15) is 19.2 Å². The monoisotopic (exact) mass is 315 g/mol. The van der Waals surface area contributed by atoms with Crippen molar-refractivity contribution in [3.63, 3.8) is 0 Å². The minimum atomic E-state index is -0.393. The predicted molar refractivity (Wildman–Crippen MR) is 81.8 cm³/mol. The molecule has 0 unspecified atom stereocenters. The second-order valence-corrected chi connectivity index (χ2v) is 4.58. The van der Waals surface area contributed by atoms with Crippen LogP contribution in [0.15, 0.2) is 12.2 Å². The summed E-state index contributed by atoms with van der Waals surface area (Å²) in [7, 11) is 0. The van der Waals surface area contributed by atoms with Crippen LogP contribution in [0.25, 0.3) is 0 Å². The number of carbonyl (C=O) groups is 4. The summed E-state index contributed by atoms with van der Waals surface area (Å²) >= 11 is 0. The number of hydrogen-bond donors (Lipinski definition) is 2. The molecule has 0 bridgehead atoms. The van der Waals surface area contributed by atoms with E-state index < -0.39 is 11.8 Å². The van der Waals surface area contributed by atoms with Crippen LogP contribution in [-0.2, 0) is 23.9 Å². The summed E-state index contributed by atoms with van der Waals surface area (Å²) in [5.41, 5.74) is 0. The van der Waals surface area contributed by atoms with Gasteiger partial charge < -0.3 is 15.4 Å². The van der Waals surface area contributed by atoms with Gasteiger partial charge in [-0.1, -0.05) is 6.92 Å². The molecule has 2 N–H and O–H groups in total. The molecule has 0 aromatic rings. The number of ether oxygens (including phenoxy) is 1. The molecule has 4 amide bonds. The van der Waals surface area contributed by atoms with Gasteiger partial charge in [0.2, 0.25) is 11.8 Å². The van der Waals surface area contributed by atoms with E-state index in [1.54, 1.807) is 6.92 Å². The van der Waals surface area contributed by atoms with Gasteiger partial charge in [-0.2, -0.15) is 0 Å². The van der Waals surface area contributed by atoms with Crippen LogP contribution in [0.5, 0.6) is 0 Å². The van der Waals surface area contributed by atoms with Gasteiger partial charge in [0.1, 0.15) is 0 Å². The van der Waals surface area contributed by atoms with Crippen molar-refractivity contribution in [1.82, 2.24) is 15.5 Å². The molecule has 0 spiro atoms. The molecule has 22 heavy (non-hydrogen) atoms. The average Bonchev–Trinajstić information content (AvgIpc) is 2.82. The van der Waals surface area contributed by atoms with E-state index in [-0.39, 0.29) is 27.6 Å². The van der Waals surface area contributed by atoms with Gasteiger partial charge in [-0.05, 0) is 0 Å². The van der Waals surface area contributed by atoms with E-state index in [1.807, 2.05) is 0 Å². The first kappa shape index (κ1) is 17.8. The topological polar surface area (TPSA) is 105 Å². The highest BCUT2D eigenvalue weighted by molar-refractivity contribution is 6.13. The molecule has 0 fully saturated rings. The number of nitrogens with zero attached hydrogens (tertiary/aromatic N) is 1. The lowest BCUT2D eigenvalue weighted by molar-refractivity contribution is -0.137. The summed E-state index contributed by atoms with van der Waals surface area (Å²) in [5, 5.41) is 5.29. The Morgan fingerprint density at radius 1 is 1.09 bits per heavy atom. The maximum atomic E-state index is 11.5. The van der Waals surface area contributed by atoms with Gasteiger partial charge in [0.05, 0.1) is 13.2 Å². The lowest BCUT2D eigenvalue weighted by Gasteiger charge is -2.13. The molecule has 1 aliphatic heterocycles. The Hall–Kier alpha value is -2.22. The molecule has 0 saturated heterocycles. The van der Waals surface area contributed by atoms with Crippen molar-refractivity contribution in [2.45, 2.75) is 19.8 Å². The molecule has 1 aliphatic rings. The van der Waals surface area contributed by atoms with Crippen molar-refractivity contribution in [3.05, 3.63) is 12.2 Å². The van der Waals surface area contributed by atoms with Crippen molar-refractivity contribution >= 4 is 23.6 Å². The number of amides is 4. The summed E-state index contributed by atoms with van der Waals surface area (Å²) in [6.07, 6.45) is 2.87. The Labute approximate surface area is 131 Å². The lowest BCUT2D eigenvalue weighted by atomic mass is 10.3. The lowest BCUT2D eigenvalue weighted by Crippen LogP contribution is -2.35. The fourth-order valence-corrected chi connectivity index (χ4v) is 1.71. The van der Waals surface area contributed by atoms with Crippen LogP contribution in [0.4, 0.5) is 0 Å². The Balaban J connectivity index is 0. The van der Waals surface area contributed by atoms with E-state index in [0.717, 1.165) is 4.90 Å². The van der Waals surface area contributed by atoms with Gasteiger partial charge in [0, 0.05) is 47.5 Å². The molecule has 0 aromatic heterocycles. The van der Waals surface area contributed by atoms with Crippen molar-refractivity contribution in [3.8, 4) is 0 Å². The molecular weight excluding hydrogens is 290 g/mol. The van der Waals surface area contributed by atoms with Gasteiger partial charge in [0.25, 0.3) is 11.8 Å². The first-order valence-corrected chi connectivity index (χ1v) is 7.19. The van der Waals surface area contributed by atoms with Crippen LogP contribution in [0.2, 0.25) is 0 Å². The molecule has 0 aromatic carbocycles. The second kappa shape index (κ2) is 9.67. The number of rotatable bonds is 10. The third-order valence-corrected chi connectivity index (χ3v) is 2.92. The molecule has 8 heteroatoms. The zero-order chi connectivity index (χ0) is 16.4. The fraction of sp³-hybridized carbons (Fsp3) is 0.571. The Morgan fingerprint density at radius 3 is 2.18 bits per heavy atom. The third-order valence-electron chi connectivity index (χ3n) is 2.92. The molecular formula is C14H25N3O5. The normalized spacial score (nSPS) is 13.6. The summed E-state index contributed by atoms with van der Waals surface area (Å²) in [5.74, 6) is -1.07. The number of hydrogen-bond acceptors (Lipinski definition) is 5. The minimum absolute atomic E-state index is 0. The maximum absolute atomic E-state index is 11.5. The van der Waals surface area contributed by atoms with Crippen LogP contribution in [0.3, 0.4) is 0 Å². The van der Waals surface area contributed by atoms with Crippen LogP contribution in [-0.4, -0.2) is 61.4 Å². The van der Waals surface area contributed by atoms with E-state index in [1.165, 1.54) is 12.2 Å². The second-order valence-electron chi connectivity index (χ2n) is 4.58. The smallest absolute Gasteiger partial charge is 0.253 e. The van der Waals surface area contributed by atoms with Crippen molar-refractivity contribution in [2.75, 3.05) is 32.8 Å². The molecule has 1 heterocycles. The number of carbonyl (C=O) groups excluding carboxylic acids is 4. The van der Waals surface area contributed by atoms with Crippen molar-refractivity contribution < 1.29 is 26.8 Å². The van der Waals surface area contributed by atoms with E-state index in [4.69, 9.17) is 4.74 Å². The number of nitrogens with one attached hydrogen (secondary N) is 2. The summed E-state index contributed by atoms with van der Waals surface area (Å²) in [6, 6.07) is 0. The zero-order valence-electron chi connectivity index (χ0n) is 12.6. The van der Waals surface area contributed by atoms with Crippen LogP contribution in [0.1, 0.15) is 22.6 Å². The molecule has 0 radical (unpaired) electrons. The fourth-order valence-electron chi connectivity index (χ4n) is 1.71. The molecule has 1 rings (SSSR count). The van der Waals surface area contributed by atoms with E-state index in [2.05, 4.69) is 10.6 Å². The highest BCUT2D eigenvalue weighted by Crippen LogP contribution is 2.03. The first-order chi connectivity index (χ1) is 10.5. The quantitative estimate of drug-likeness (QED) is 0.416. The molecule has 8 nitrogen and oxygen atoms in total. The maximum Gasteiger partial charge on any atom is 0.253 e. The standard InChI is InChI=1S/C14H21N3O5.2H2/c1-2-11(18)15-6-9-22-10-7-16-12(19)5-8-17-13(20)3-4-14(17)21;;/h3-4H,2,5-10H2,1H3,(H,15,18)(H,16,19);2*1H. The highest BCUT2D eigenvalue weighted by Gasteiger charge is 2.23. The van der Waals surface area contributed by atoms with E-state index >= 15 is 0 Å². The predicted octanol–water partition coefficient (Wildman–Crippen LogP) is -0.547. The summed E-state index contributed by atoms with van der Waals surface area (Å²) in [6.45, 7) is 3.32. The van der Waals surface area contributed by atoms with Gasteiger partial charge in [-0.15, -0.1) is 0 Å². The zero-order valence-corrected chi connectivity index (χ0v) is 12.6. The van der Waals surface area contributed by atoms with Gasteiger partial charge in [-0.3, -0.25) is 24.1 Å². The molecule has 0 aliphatic carbocycles. The SMILES string of the molecule is CCC(=O)NCCOCCNC(=O)CCN1C(=O)C=CC1=O.[HH].[HH].